The fourth-order valence-corrected chi connectivity index (χ4v) is 6.42. The SMILES string of the molecule is c1ccc(-c2nc(-c3ccccc3)nc(-c3ccc4c(c3)oc3c5ccccc5c(N(c5ccccc5)c5ccccc5)cc43)n2)cc1. The Morgan fingerprint density at radius 2 is 0.854 bits per heavy atom. The molecule has 226 valence electrons. The highest BCUT2D eigenvalue weighted by atomic mass is 16.3. The smallest absolute Gasteiger partial charge is 0.164 e. The Morgan fingerprint density at radius 1 is 0.375 bits per heavy atom. The first-order chi connectivity index (χ1) is 23.8. The first-order valence-electron chi connectivity index (χ1n) is 16.0. The molecule has 0 unspecified atom stereocenters. The van der Waals surface area contributed by atoms with Crippen molar-refractivity contribution >= 4 is 49.8 Å². The summed E-state index contributed by atoms with van der Waals surface area (Å²) in [4.78, 5) is 17.1. The van der Waals surface area contributed by atoms with Gasteiger partial charge in [0.15, 0.2) is 17.5 Å². The molecule has 0 saturated heterocycles. The second-order valence-electron chi connectivity index (χ2n) is 11.7. The van der Waals surface area contributed by atoms with Gasteiger partial charge in [0.2, 0.25) is 0 Å². The topological polar surface area (TPSA) is 55.1 Å². The minimum atomic E-state index is 0.593. The molecule has 0 fully saturated rings. The molecule has 0 aliphatic carbocycles. The van der Waals surface area contributed by atoms with Crippen LogP contribution in [0, 0.1) is 0 Å². The van der Waals surface area contributed by atoms with Gasteiger partial charge in [0, 0.05) is 49.6 Å². The van der Waals surface area contributed by atoms with Crippen LogP contribution in [-0.4, -0.2) is 15.0 Å². The van der Waals surface area contributed by atoms with E-state index in [-0.39, 0.29) is 0 Å². The molecular weight excluding hydrogens is 589 g/mol. The highest BCUT2D eigenvalue weighted by Gasteiger charge is 2.21. The second kappa shape index (κ2) is 11.6. The van der Waals surface area contributed by atoms with E-state index >= 15 is 0 Å². The van der Waals surface area contributed by atoms with Crippen molar-refractivity contribution in [3.05, 3.63) is 170 Å². The summed E-state index contributed by atoms with van der Waals surface area (Å²) in [5.74, 6) is 1.85. The molecule has 0 amide bonds. The van der Waals surface area contributed by atoms with Gasteiger partial charge in [0.25, 0.3) is 0 Å². The summed E-state index contributed by atoms with van der Waals surface area (Å²) in [6.45, 7) is 0. The normalized spacial score (nSPS) is 11.3. The molecule has 2 aromatic heterocycles. The van der Waals surface area contributed by atoms with Gasteiger partial charge in [-0.15, -0.1) is 0 Å². The Hall–Kier alpha value is -6.59. The van der Waals surface area contributed by atoms with E-state index in [1.165, 1.54) is 0 Å². The molecule has 0 atom stereocenters. The number of rotatable bonds is 6. The van der Waals surface area contributed by atoms with Gasteiger partial charge >= 0.3 is 0 Å². The standard InChI is InChI=1S/C43H28N4O/c1-5-15-29(16-6-1)41-44-42(30-17-7-2-8-18-30)46-43(45-41)31-25-26-35-37-28-38(34-23-13-14-24-36(34)40(37)48-39(35)27-31)47(32-19-9-3-10-20-32)33-21-11-4-12-22-33/h1-28H. The maximum atomic E-state index is 6.71. The predicted molar refractivity (Wildman–Crippen MR) is 196 cm³/mol. The largest absolute Gasteiger partial charge is 0.455 e. The maximum absolute atomic E-state index is 6.71. The van der Waals surface area contributed by atoms with Crippen molar-refractivity contribution < 1.29 is 4.42 Å². The van der Waals surface area contributed by atoms with Crippen molar-refractivity contribution in [2.75, 3.05) is 4.90 Å². The van der Waals surface area contributed by atoms with E-state index < -0.39 is 0 Å². The minimum absolute atomic E-state index is 0.593. The van der Waals surface area contributed by atoms with E-state index in [2.05, 4.69) is 102 Å². The average molecular weight is 617 g/mol. The van der Waals surface area contributed by atoms with E-state index in [0.29, 0.717) is 17.5 Å². The number of aromatic nitrogens is 3. The Morgan fingerprint density at radius 3 is 1.42 bits per heavy atom. The van der Waals surface area contributed by atoms with Crippen molar-refractivity contribution in [3.63, 3.8) is 0 Å². The fourth-order valence-electron chi connectivity index (χ4n) is 6.42. The first kappa shape index (κ1) is 27.7. The zero-order valence-electron chi connectivity index (χ0n) is 25.9. The van der Waals surface area contributed by atoms with Crippen LogP contribution in [-0.2, 0) is 0 Å². The van der Waals surface area contributed by atoms with Crippen LogP contribution >= 0.6 is 0 Å². The Balaban J connectivity index is 1.25. The van der Waals surface area contributed by atoms with Crippen molar-refractivity contribution in [1.29, 1.82) is 0 Å². The summed E-state index contributed by atoms with van der Waals surface area (Å²) < 4.78 is 6.71. The molecule has 0 spiro atoms. The zero-order chi connectivity index (χ0) is 31.9. The summed E-state index contributed by atoms with van der Waals surface area (Å²) in [5.41, 5.74) is 7.61. The number of anilines is 3. The molecule has 0 radical (unpaired) electrons. The van der Waals surface area contributed by atoms with Gasteiger partial charge in [-0.25, -0.2) is 15.0 Å². The highest BCUT2D eigenvalue weighted by molar-refractivity contribution is 6.20. The third kappa shape index (κ3) is 4.86. The lowest BCUT2D eigenvalue weighted by molar-refractivity contribution is 0.673. The van der Waals surface area contributed by atoms with E-state index in [9.17, 15) is 0 Å². The van der Waals surface area contributed by atoms with Crippen molar-refractivity contribution in [2.24, 2.45) is 0 Å². The summed E-state index contributed by atoms with van der Waals surface area (Å²) in [6.07, 6.45) is 0. The number of hydrogen-bond donors (Lipinski definition) is 0. The lowest BCUT2D eigenvalue weighted by atomic mass is 10.0. The Kier molecular flexibility index (Phi) is 6.72. The van der Waals surface area contributed by atoms with Crippen LogP contribution in [0.5, 0.6) is 0 Å². The van der Waals surface area contributed by atoms with Crippen molar-refractivity contribution in [2.45, 2.75) is 0 Å². The van der Waals surface area contributed by atoms with Crippen LogP contribution in [0.3, 0.4) is 0 Å². The van der Waals surface area contributed by atoms with Gasteiger partial charge in [-0.1, -0.05) is 127 Å². The van der Waals surface area contributed by atoms with E-state index in [0.717, 1.165) is 66.5 Å². The molecule has 0 bridgehead atoms. The van der Waals surface area contributed by atoms with Gasteiger partial charge < -0.3 is 9.32 Å². The molecule has 0 saturated carbocycles. The number of furan rings is 1. The molecule has 5 heteroatoms. The number of benzene rings is 7. The molecular formula is C43H28N4O. The highest BCUT2D eigenvalue weighted by Crippen LogP contribution is 2.44. The lowest BCUT2D eigenvalue weighted by Crippen LogP contribution is -2.10. The number of nitrogens with zero attached hydrogens (tertiary/aromatic N) is 4. The summed E-state index contributed by atoms with van der Waals surface area (Å²) in [6, 6.07) is 58.0. The van der Waals surface area contributed by atoms with Gasteiger partial charge in [-0.3, -0.25) is 0 Å². The number of fused-ring (bicyclic) bond motifs is 5. The Bertz CT molecular complexity index is 2450. The molecule has 9 aromatic rings. The molecule has 0 N–H and O–H groups in total. The van der Waals surface area contributed by atoms with Crippen LogP contribution in [0.25, 0.3) is 66.9 Å². The van der Waals surface area contributed by atoms with Crippen molar-refractivity contribution in [3.8, 4) is 34.2 Å². The summed E-state index contributed by atoms with van der Waals surface area (Å²) >= 11 is 0. The van der Waals surface area contributed by atoms with Gasteiger partial charge in [0.1, 0.15) is 11.2 Å². The van der Waals surface area contributed by atoms with Crippen LogP contribution in [0.2, 0.25) is 0 Å². The second-order valence-corrected chi connectivity index (χ2v) is 11.7. The predicted octanol–water partition coefficient (Wildman–Crippen LogP) is 11.4. The number of para-hydroxylation sites is 2. The van der Waals surface area contributed by atoms with E-state index in [4.69, 9.17) is 19.4 Å². The van der Waals surface area contributed by atoms with Crippen LogP contribution in [0.1, 0.15) is 0 Å². The zero-order valence-corrected chi connectivity index (χ0v) is 25.9. The lowest BCUT2D eigenvalue weighted by Gasteiger charge is -2.27. The van der Waals surface area contributed by atoms with Crippen LogP contribution in [0.4, 0.5) is 17.1 Å². The monoisotopic (exact) mass is 616 g/mol. The van der Waals surface area contributed by atoms with Gasteiger partial charge in [0.05, 0.1) is 5.69 Å². The van der Waals surface area contributed by atoms with Crippen LogP contribution in [0.15, 0.2) is 174 Å². The first-order valence-corrected chi connectivity index (χ1v) is 16.0. The third-order valence-corrected chi connectivity index (χ3v) is 8.68. The molecule has 0 aliphatic rings. The molecule has 48 heavy (non-hydrogen) atoms. The third-order valence-electron chi connectivity index (χ3n) is 8.68. The molecule has 9 rings (SSSR count). The molecule has 7 aromatic carbocycles. The quantitative estimate of drug-likeness (QED) is 0.186. The fraction of sp³-hybridized carbons (Fsp3) is 0. The van der Waals surface area contributed by atoms with E-state index in [1.807, 2.05) is 72.8 Å². The minimum Gasteiger partial charge on any atom is -0.455 e. The molecule has 0 aliphatic heterocycles. The van der Waals surface area contributed by atoms with E-state index in [1.54, 1.807) is 0 Å². The number of hydrogen-bond acceptors (Lipinski definition) is 5. The molecule has 5 nitrogen and oxygen atoms in total. The maximum Gasteiger partial charge on any atom is 0.164 e. The average Bonchev–Trinajstić information content (AvgIpc) is 3.54. The Labute approximate surface area is 277 Å². The van der Waals surface area contributed by atoms with Gasteiger partial charge in [-0.05, 0) is 42.5 Å². The van der Waals surface area contributed by atoms with Crippen molar-refractivity contribution in [1.82, 2.24) is 15.0 Å². The van der Waals surface area contributed by atoms with Gasteiger partial charge in [-0.2, -0.15) is 0 Å². The van der Waals surface area contributed by atoms with Crippen LogP contribution < -0.4 is 4.90 Å². The molecule has 2 heterocycles. The summed E-state index contributed by atoms with van der Waals surface area (Å²) in [5, 5.41) is 4.24. The summed E-state index contributed by atoms with van der Waals surface area (Å²) in [7, 11) is 0.